The molecule has 0 bridgehead atoms. The number of esters is 1. The molecule has 1 atom stereocenters. The summed E-state index contributed by atoms with van der Waals surface area (Å²) in [7, 11) is 0. The van der Waals surface area contributed by atoms with Crippen LogP contribution in [0.25, 0.3) is 0 Å². The Morgan fingerprint density at radius 3 is 2.80 bits per heavy atom. The molecule has 1 spiro atoms. The van der Waals surface area contributed by atoms with Gasteiger partial charge in [0.05, 0.1) is 5.56 Å². The van der Waals surface area contributed by atoms with Gasteiger partial charge >= 0.3 is 12.0 Å². The standard InChI is InChI=1S/C25H24N4O5S/c26-12-17-16-7-2-1-3-9-19(16)35-22(17)27-20(30)14-34-21(31)13-29-23(32)25(28-24(29)33)11-10-15-6-4-5-8-18(15)25/h4-6,8H,1-3,7,9-11,13-14H2,(H,27,30)(H,28,33)/t25-/m1/s1. The number of anilines is 1. The van der Waals surface area contributed by atoms with E-state index < -0.39 is 42.5 Å². The summed E-state index contributed by atoms with van der Waals surface area (Å²) in [5, 5.41) is 15.5. The molecule has 10 heteroatoms. The fourth-order valence-corrected chi connectivity index (χ4v) is 6.42. The number of amides is 4. The Labute approximate surface area is 206 Å². The van der Waals surface area contributed by atoms with Gasteiger partial charge in [-0.25, -0.2) is 4.79 Å². The summed E-state index contributed by atoms with van der Waals surface area (Å²) >= 11 is 1.39. The van der Waals surface area contributed by atoms with Crippen LogP contribution in [0.2, 0.25) is 0 Å². The summed E-state index contributed by atoms with van der Waals surface area (Å²) in [4.78, 5) is 52.4. The Bertz CT molecular complexity index is 1280. The van der Waals surface area contributed by atoms with Gasteiger partial charge in [-0.05, 0) is 55.2 Å². The second-order valence-electron chi connectivity index (χ2n) is 8.97. The highest BCUT2D eigenvalue weighted by Gasteiger charge is 2.55. The Morgan fingerprint density at radius 1 is 1.17 bits per heavy atom. The van der Waals surface area contributed by atoms with Crippen LogP contribution >= 0.6 is 11.3 Å². The summed E-state index contributed by atoms with van der Waals surface area (Å²) in [6.45, 7) is -1.16. The van der Waals surface area contributed by atoms with E-state index in [-0.39, 0.29) is 0 Å². The number of nitrogens with one attached hydrogen (secondary N) is 2. The van der Waals surface area contributed by atoms with E-state index in [4.69, 9.17) is 4.74 Å². The normalized spacial score (nSPS) is 20.6. The molecular formula is C25H24N4O5S. The van der Waals surface area contributed by atoms with E-state index in [2.05, 4.69) is 16.7 Å². The highest BCUT2D eigenvalue weighted by atomic mass is 32.1. The van der Waals surface area contributed by atoms with Gasteiger partial charge in [0, 0.05) is 4.88 Å². The van der Waals surface area contributed by atoms with Crippen LogP contribution in [0.4, 0.5) is 9.80 Å². The second kappa shape index (κ2) is 9.15. The number of hydrogen-bond acceptors (Lipinski definition) is 7. The molecule has 9 nitrogen and oxygen atoms in total. The third kappa shape index (κ3) is 4.06. The Morgan fingerprint density at radius 2 is 1.97 bits per heavy atom. The first-order valence-electron chi connectivity index (χ1n) is 11.7. The molecule has 2 aromatic rings. The summed E-state index contributed by atoms with van der Waals surface area (Å²) in [5.74, 6) is -1.94. The lowest BCUT2D eigenvalue weighted by Crippen LogP contribution is -2.42. The minimum absolute atomic E-state index is 0.427. The average Bonchev–Trinajstić information content (AvgIpc) is 3.38. The number of urea groups is 1. The van der Waals surface area contributed by atoms with Crippen LogP contribution in [-0.4, -0.2) is 41.9 Å². The molecule has 0 radical (unpaired) electrons. The molecule has 1 aromatic heterocycles. The van der Waals surface area contributed by atoms with E-state index in [1.54, 1.807) is 0 Å². The van der Waals surface area contributed by atoms with E-state index in [9.17, 15) is 24.4 Å². The van der Waals surface area contributed by atoms with Crippen molar-refractivity contribution in [3.63, 3.8) is 0 Å². The maximum atomic E-state index is 13.1. The summed E-state index contributed by atoms with van der Waals surface area (Å²) in [6, 6.07) is 8.95. The lowest BCUT2D eigenvalue weighted by Gasteiger charge is -2.22. The van der Waals surface area contributed by atoms with E-state index in [1.165, 1.54) is 11.3 Å². The van der Waals surface area contributed by atoms with Gasteiger partial charge in [-0.3, -0.25) is 19.3 Å². The SMILES string of the molecule is N#Cc1c(NC(=O)COC(=O)CN2C(=O)N[C@@]3(CCc4ccccc43)C2=O)sc2c1CCCCC2. The maximum Gasteiger partial charge on any atom is 0.326 e. The molecule has 3 aliphatic rings. The number of carbonyl (C=O) groups is 4. The monoisotopic (exact) mass is 492 g/mol. The van der Waals surface area contributed by atoms with Crippen LogP contribution in [0.15, 0.2) is 24.3 Å². The Kier molecular flexibility index (Phi) is 6.03. The zero-order valence-electron chi connectivity index (χ0n) is 19.0. The molecule has 0 unspecified atom stereocenters. The molecule has 2 heterocycles. The molecule has 1 aromatic carbocycles. The highest BCUT2D eigenvalue weighted by molar-refractivity contribution is 7.16. The minimum Gasteiger partial charge on any atom is -0.454 e. The quantitative estimate of drug-likeness (QED) is 0.375. The molecule has 2 N–H and O–H groups in total. The van der Waals surface area contributed by atoms with Crippen LogP contribution < -0.4 is 10.6 Å². The molecule has 2 aliphatic carbocycles. The van der Waals surface area contributed by atoms with Crippen molar-refractivity contribution >= 4 is 40.2 Å². The number of imide groups is 1. The van der Waals surface area contributed by atoms with E-state index in [0.29, 0.717) is 23.4 Å². The average molecular weight is 493 g/mol. The number of carbonyl (C=O) groups excluding carboxylic acids is 4. The molecular weight excluding hydrogens is 468 g/mol. The van der Waals surface area contributed by atoms with Crippen LogP contribution in [-0.2, 0) is 43.9 Å². The smallest absolute Gasteiger partial charge is 0.326 e. The summed E-state index contributed by atoms with van der Waals surface area (Å²) in [5.41, 5.74) is 2.06. The molecule has 1 aliphatic heterocycles. The topological polar surface area (TPSA) is 129 Å². The number of hydrogen-bond donors (Lipinski definition) is 2. The first-order chi connectivity index (χ1) is 16.9. The van der Waals surface area contributed by atoms with Crippen molar-refractivity contribution in [2.45, 2.75) is 50.5 Å². The molecule has 180 valence electrons. The molecule has 4 amide bonds. The van der Waals surface area contributed by atoms with Crippen molar-refractivity contribution < 1.29 is 23.9 Å². The number of ether oxygens (including phenoxy) is 1. The zero-order valence-corrected chi connectivity index (χ0v) is 19.8. The molecule has 0 saturated carbocycles. The first kappa shape index (κ1) is 23.1. The maximum absolute atomic E-state index is 13.1. The summed E-state index contributed by atoms with van der Waals surface area (Å²) < 4.78 is 5.05. The van der Waals surface area contributed by atoms with Gasteiger partial charge < -0.3 is 15.4 Å². The number of rotatable bonds is 5. The third-order valence-electron chi connectivity index (χ3n) is 6.86. The van der Waals surface area contributed by atoms with Gasteiger partial charge in [-0.2, -0.15) is 5.26 Å². The van der Waals surface area contributed by atoms with Gasteiger partial charge in [-0.15, -0.1) is 11.3 Å². The van der Waals surface area contributed by atoms with Crippen molar-refractivity contribution in [2.75, 3.05) is 18.5 Å². The van der Waals surface area contributed by atoms with Crippen LogP contribution in [0.3, 0.4) is 0 Å². The number of benzene rings is 1. The lowest BCUT2D eigenvalue weighted by atomic mass is 9.92. The third-order valence-corrected chi connectivity index (χ3v) is 8.07. The van der Waals surface area contributed by atoms with Gasteiger partial charge in [-0.1, -0.05) is 30.7 Å². The number of nitrogens with zero attached hydrogens (tertiary/aromatic N) is 2. The molecule has 5 rings (SSSR count). The van der Waals surface area contributed by atoms with Gasteiger partial charge in [0.1, 0.15) is 23.2 Å². The van der Waals surface area contributed by atoms with Crippen LogP contribution in [0.5, 0.6) is 0 Å². The van der Waals surface area contributed by atoms with Crippen molar-refractivity contribution in [1.29, 1.82) is 5.26 Å². The fraction of sp³-hybridized carbons (Fsp3) is 0.400. The molecule has 1 saturated heterocycles. The molecule has 35 heavy (non-hydrogen) atoms. The van der Waals surface area contributed by atoms with E-state index >= 15 is 0 Å². The highest BCUT2D eigenvalue weighted by Crippen LogP contribution is 2.41. The minimum atomic E-state index is -1.16. The van der Waals surface area contributed by atoms with Gasteiger partial charge in [0.25, 0.3) is 11.8 Å². The molecule has 1 fully saturated rings. The first-order valence-corrected chi connectivity index (χ1v) is 12.5. The van der Waals surface area contributed by atoms with Crippen molar-refractivity contribution in [3.8, 4) is 6.07 Å². The fourth-order valence-electron chi connectivity index (χ4n) is 5.17. The van der Waals surface area contributed by atoms with Crippen molar-refractivity contribution in [2.24, 2.45) is 0 Å². The number of thiophene rings is 1. The Balaban J connectivity index is 1.19. The van der Waals surface area contributed by atoms with Crippen LogP contribution in [0, 0.1) is 11.3 Å². The lowest BCUT2D eigenvalue weighted by molar-refractivity contribution is -0.150. The van der Waals surface area contributed by atoms with E-state index in [0.717, 1.165) is 58.6 Å². The number of fused-ring (bicyclic) bond motifs is 3. The van der Waals surface area contributed by atoms with Gasteiger partial charge in [0.2, 0.25) is 0 Å². The number of nitriles is 1. The van der Waals surface area contributed by atoms with Crippen LogP contribution in [0.1, 0.15) is 52.8 Å². The van der Waals surface area contributed by atoms with E-state index in [1.807, 2.05) is 24.3 Å². The predicted molar refractivity (Wildman–Crippen MR) is 127 cm³/mol. The largest absolute Gasteiger partial charge is 0.454 e. The number of aryl methyl sites for hydroxylation is 2. The van der Waals surface area contributed by atoms with Crippen molar-refractivity contribution in [1.82, 2.24) is 10.2 Å². The van der Waals surface area contributed by atoms with Gasteiger partial charge in [0.15, 0.2) is 6.61 Å². The van der Waals surface area contributed by atoms with Crippen molar-refractivity contribution in [3.05, 3.63) is 51.4 Å². The predicted octanol–water partition coefficient (Wildman–Crippen LogP) is 2.76. The second-order valence-corrected chi connectivity index (χ2v) is 10.1. The summed E-state index contributed by atoms with van der Waals surface area (Å²) in [6.07, 6.45) is 5.97. The zero-order chi connectivity index (χ0) is 24.6. The Hall–Kier alpha value is -3.71.